The van der Waals surface area contributed by atoms with E-state index >= 15 is 4.39 Å². The first-order valence-corrected chi connectivity index (χ1v) is 12.7. The number of fused-ring (bicyclic) bond motifs is 1. The molecule has 5 rings (SSSR count). The molecule has 3 N–H and O–H groups in total. The lowest BCUT2D eigenvalue weighted by Gasteiger charge is -2.34. The first-order valence-electron chi connectivity index (χ1n) is 11.1. The monoisotopic (exact) mass is 498 g/mol. The average molecular weight is 499 g/mol. The summed E-state index contributed by atoms with van der Waals surface area (Å²) in [6, 6.07) is 13.5. The molecule has 0 aliphatic carbocycles. The van der Waals surface area contributed by atoms with Crippen molar-refractivity contribution in [2.75, 3.05) is 16.4 Å². The lowest BCUT2D eigenvalue weighted by atomic mass is 9.88. The minimum atomic E-state index is -3.80. The molecule has 3 aromatic rings. The molecule has 0 unspecified atom stereocenters. The van der Waals surface area contributed by atoms with Crippen LogP contribution in [-0.2, 0) is 9.84 Å². The predicted molar refractivity (Wildman–Crippen MR) is 130 cm³/mol. The van der Waals surface area contributed by atoms with Gasteiger partial charge in [-0.15, -0.1) is 0 Å². The molecule has 0 aromatic heterocycles. The normalized spacial score (nSPS) is 20.1. The number of hydrogen-bond donors (Lipinski definition) is 3. The summed E-state index contributed by atoms with van der Waals surface area (Å²) in [5, 5.41) is 16.7. The number of nitrogens with one attached hydrogen (secondary N) is 2. The van der Waals surface area contributed by atoms with Crippen LogP contribution in [0.2, 0.25) is 0 Å². The lowest BCUT2D eigenvalue weighted by molar-refractivity contribution is 0.400. The van der Waals surface area contributed by atoms with Gasteiger partial charge in [-0.3, -0.25) is 0 Å². The number of hydrogen-bond acceptors (Lipinski definition) is 6. The third-order valence-electron chi connectivity index (χ3n) is 6.10. The number of ether oxygens (including phenoxy) is 1. The Bertz CT molecular complexity index is 1470. The molecule has 6 nitrogen and oxygen atoms in total. The molecular weight excluding hydrogens is 474 g/mol. The van der Waals surface area contributed by atoms with E-state index in [4.69, 9.17) is 4.74 Å². The van der Waals surface area contributed by atoms with Crippen LogP contribution in [0, 0.1) is 17.0 Å². The van der Waals surface area contributed by atoms with Gasteiger partial charge in [-0.2, -0.15) is 0 Å². The van der Waals surface area contributed by atoms with E-state index in [2.05, 4.69) is 10.6 Å². The smallest absolute Gasteiger partial charge is 0.179 e. The van der Waals surface area contributed by atoms with Gasteiger partial charge in [-0.05, 0) is 48.2 Å². The standard InChI is InChI=1S/C26H24F2N2O4S/c1-26(2)13-20-25(35(32,33)14-26)23(29-19-7-5-8-21(31)24(19)30-20)16-11-10-15(12-18(16)28)34-22-9-4-3-6-17(22)27/h3-12,23,29-31H,13-14H2,1-2H3/t23-/m1/s1. The molecule has 182 valence electrons. The van der Waals surface area contributed by atoms with Gasteiger partial charge < -0.3 is 20.5 Å². The molecular formula is C26H24F2N2O4S. The van der Waals surface area contributed by atoms with Gasteiger partial charge in [0.05, 0.1) is 22.4 Å². The van der Waals surface area contributed by atoms with E-state index in [1.165, 1.54) is 36.4 Å². The number of allylic oxidation sites excluding steroid dienone is 1. The zero-order chi connectivity index (χ0) is 25.0. The number of sulfone groups is 1. The maximum absolute atomic E-state index is 15.5. The second kappa shape index (κ2) is 8.27. The third kappa shape index (κ3) is 4.32. The van der Waals surface area contributed by atoms with Crippen molar-refractivity contribution in [2.45, 2.75) is 26.3 Å². The number of phenolic OH excluding ortho intramolecular Hbond substituents is 1. The van der Waals surface area contributed by atoms with Crippen LogP contribution in [0.15, 0.2) is 71.3 Å². The van der Waals surface area contributed by atoms with Gasteiger partial charge in [0.15, 0.2) is 21.4 Å². The second-order valence-electron chi connectivity index (χ2n) is 9.56. The summed E-state index contributed by atoms with van der Waals surface area (Å²) in [7, 11) is -3.80. The van der Waals surface area contributed by atoms with Crippen LogP contribution >= 0.6 is 0 Å². The summed E-state index contributed by atoms with van der Waals surface area (Å²) in [5.74, 6) is -1.44. The molecule has 2 aliphatic heterocycles. The lowest BCUT2D eigenvalue weighted by Crippen LogP contribution is -2.35. The van der Waals surface area contributed by atoms with Crippen molar-refractivity contribution in [2.24, 2.45) is 5.41 Å². The summed E-state index contributed by atoms with van der Waals surface area (Å²) in [6.07, 6.45) is 0.392. The molecule has 3 aromatic carbocycles. The zero-order valence-electron chi connectivity index (χ0n) is 19.1. The Kier molecular flexibility index (Phi) is 5.47. The van der Waals surface area contributed by atoms with Crippen molar-refractivity contribution >= 4 is 21.2 Å². The molecule has 0 bridgehead atoms. The Labute approximate surface area is 202 Å². The fourth-order valence-corrected chi connectivity index (χ4v) is 7.03. The molecule has 0 amide bonds. The van der Waals surface area contributed by atoms with Crippen LogP contribution in [-0.4, -0.2) is 19.3 Å². The topological polar surface area (TPSA) is 87.7 Å². The fourth-order valence-electron chi connectivity index (χ4n) is 4.70. The summed E-state index contributed by atoms with van der Waals surface area (Å²) < 4.78 is 61.9. The highest BCUT2D eigenvalue weighted by atomic mass is 32.2. The largest absolute Gasteiger partial charge is 0.506 e. The molecule has 0 spiro atoms. The Morgan fingerprint density at radius 1 is 1.03 bits per heavy atom. The number of anilines is 2. The second-order valence-corrected chi connectivity index (χ2v) is 11.5. The van der Waals surface area contributed by atoms with Crippen LogP contribution in [0.5, 0.6) is 17.2 Å². The highest BCUT2D eigenvalue weighted by molar-refractivity contribution is 7.95. The first kappa shape index (κ1) is 23.2. The maximum Gasteiger partial charge on any atom is 0.179 e. The highest BCUT2D eigenvalue weighted by Gasteiger charge is 2.43. The van der Waals surface area contributed by atoms with Crippen LogP contribution in [0.25, 0.3) is 0 Å². The minimum absolute atomic E-state index is 0.0362. The van der Waals surface area contributed by atoms with Gasteiger partial charge in [0, 0.05) is 17.3 Å². The Balaban J connectivity index is 1.62. The van der Waals surface area contributed by atoms with Gasteiger partial charge in [-0.1, -0.05) is 32.0 Å². The molecule has 9 heteroatoms. The van der Waals surface area contributed by atoms with Crippen LogP contribution in [0.4, 0.5) is 20.2 Å². The average Bonchev–Trinajstić information content (AvgIpc) is 2.92. The predicted octanol–water partition coefficient (Wildman–Crippen LogP) is 6.10. The summed E-state index contributed by atoms with van der Waals surface area (Å²) in [6.45, 7) is 3.70. The first-order chi connectivity index (χ1) is 16.5. The van der Waals surface area contributed by atoms with E-state index in [0.717, 1.165) is 6.07 Å². The Hall–Kier alpha value is -3.59. The van der Waals surface area contributed by atoms with Gasteiger partial charge >= 0.3 is 0 Å². The third-order valence-corrected chi connectivity index (χ3v) is 8.41. The van der Waals surface area contributed by atoms with Crippen molar-refractivity contribution in [1.82, 2.24) is 0 Å². The molecule has 35 heavy (non-hydrogen) atoms. The van der Waals surface area contributed by atoms with Crippen molar-refractivity contribution < 1.29 is 27.0 Å². The Morgan fingerprint density at radius 3 is 2.54 bits per heavy atom. The van der Waals surface area contributed by atoms with Crippen LogP contribution in [0.1, 0.15) is 31.9 Å². The van der Waals surface area contributed by atoms with Gasteiger partial charge in [0.25, 0.3) is 0 Å². The fraction of sp³-hybridized carbons (Fsp3) is 0.231. The van der Waals surface area contributed by atoms with Gasteiger partial charge in [0.2, 0.25) is 0 Å². The number of aromatic hydroxyl groups is 1. The Morgan fingerprint density at radius 2 is 1.80 bits per heavy atom. The quantitative estimate of drug-likeness (QED) is 0.379. The summed E-state index contributed by atoms with van der Waals surface area (Å²) in [5.41, 5.74) is 0.698. The van der Waals surface area contributed by atoms with Crippen LogP contribution < -0.4 is 15.4 Å². The number of halogens is 2. The van der Waals surface area contributed by atoms with Gasteiger partial charge in [-0.25, -0.2) is 17.2 Å². The number of benzene rings is 3. The molecule has 0 radical (unpaired) electrons. The minimum Gasteiger partial charge on any atom is -0.506 e. The molecule has 0 saturated carbocycles. The molecule has 2 aliphatic rings. The maximum atomic E-state index is 15.5. The number of para-hydroxylation sites is 2. The van der Waals surface area contributed by atoms with Crippen molar-refractivity contribution in [3.8, 4) is 17.2 Å². The molecule has 0 saturated heterocycles. The van der Waals surface area contributed by atoms with E-state index in [9.17, 15) is 17.9 Å². The summed E-state index contributed by atoms with van der Waals surface area (Å²) in [4.78, 5) is 0.0362. The number of phenols is 1. The van der Waals surface area contributed by atoms with E-state index in [0.29, 0.717) is 23.5 Å². The molecule has 1 atom stereocenters. The van der Waals surface area contributed by atoms with Crippen molar-refractivity contribution in [1.29, 1.82) is 0 Å². The van der Waals surface area contributed by atoms with E-state index in [1.807, 2.05) is 13.8 Å². The zero-order valence-corrected chi connectivity index (χ0v) is 19.9. The van der Waals surface area contributed by atoms with Crippen LogP contribution in [0.3, 0.4) is 0 Å². The van der Waals surface area contributed by atoms with Crippen molar-refractivity contribution in [3.63, 3.8) is 0 Å². The molecule has 2 heterocycles. The highest BCUT2D eigenvalue weighted by Crippen LogP contribution is 2.48. The SMILES string of the molecule is CC1(C)CC2=C([C@@H](c3ccc(Oc4ccccc4F)cc3F)Nc3cccc(O)c3N2)S(=O)(=O)C1. The van der Waals surface area contributed by atoms with Gasteiger partial charge in [0.1, 0.15) is 23.0 Å². The van der Waals surface area contributed by atoms with E-state index < -0.39 is 32.9 Å². The van der Waals surface area contributed by atoms with Crippen molar-refractivity contribution in [3.05, 3.63) is 88.5 Å². The molecule has 0 fully saturated rings. The number of rotatable bonds is 3. The van der Waals surface area contributed by atoms with E-state index in [1.54, 1.807) is 18.2 Å². The van der Waals surface area contributed by atoms with E-state index in [-0.39, 0.29) is 33.5 Å². The summed E-state index contributed by atoms with van der Waals surface area (Å²) >= 11 is 0.